The predicted molar refractivity (Wildman–Crippen MR) is 109 cm³/mol. The molecule has 0 unspecified atom stereocenters. The lowest BCUT2D eigenvalue weighted by molar-refractivity contribution is -0.124. The molecule has 2 aliphatic rings. The molecule has 144 valence electrons. The van der Waals surface area contributed by atoms with Gasteiger partial charge in [0, 0.05) is 42.5 Å². The van der Waals surface area contributed by atoms with Crippen molar-refractivity contribution in [3.8, 4) is 0 Å². The van der Waals surface area contributed by atoms with Gasteiger partial charge in [-0.3, -0.25) is 19.4 Å². The average Bonchev–Trinajstić information content (AvgIpc) is 3.24. The lowest BCUT2D eigenvalue weighted by Gasteiger charge is -2.26. The monoisotopic (exact) mass is 375 g/mol. The summed E-state index contributed by atoms with van der Waals surface area (Å²) in [5.74, 6) is -0.283. The van der Waals surface area contributed by atoms with Gasteiger partial charge in [-0.1, -0.05) is 55.1 Å². The zero-order valence-corrected chi connectivity index (χ0v) is 16.1. The van der Waals surface area contributed by atoms with E-state index in [-0.39, 0.29) is 17.9 Å². The van der Waals surface area contributed by atoms with Crippen molar-refractivity contribution in [2.45, 2.75) is 32.0 Å². The van der Waals surface area contributed by atoms with E-state index in [1.807, 2.05) is 36.4 Å². The first-order valence-electron chi connectivity index (χ1n) is 9.73. The molecule has 28 heavy (non-hydrogen) atoms. The molecule has 0 aromatic heterocycles. The maximum absolute atomic E-state index is 12.8. The van der Waals surface area contributed by atoms with Gasteiger partial charge in [-0.05, 0) is 25.0 Å². The molecule has 2 aromatic rings. The molecule has 2 amide bonds. The van der Waals surface area contributed by atoms with Crippen molar-refractivity contribution in [1.29, 1.82) is 0 Å². The van der Waals surface area contributed by atoms with Crippen molar-refractivity contribution in [2.24, 2.45) is 0 Å². The largest absolute Gasteiger partial charge is 0.350 e. The predicted octanol–water partition coefficient (Wildman–Crippen LogP) is 2.89. The lowest BCUT2D eigenvalue weighted by Crippen LogP contribution is -2.48. The lowest BCUT2D eigenvalue weighted by atomic mass is 10.1. The van der Waals surface area contributed by atoms with E-state index in [2.05, 4.69) is 28.9 Å². The SMILES string of the molecule is C=C1c2ccccc2C(=O)N1[C@H](C)C(=O)N[C@H]1CCN(Cc2ccccc2)C1. The third-order valence-electron chi connectivity index (χ3n) is 5.61. The highest BCUT2D eigenvalue weighted by Crippen LogP contribution is 2.32. The highest BCUT2D eigenvalue weighted by molar-refractivity contribution is 6.10. The van der Waals surface area contributed by atoms with E-state index in [0.717, 1.165) is 31.6 Å². The highest BCUT2D eigenvalue weighted by atomic mass is 16.2. The van der Waals surface area contributed by atoms with Crippen LogP contribution in [0.3, 0.4) is 0 Å². The minimum Gasteiger partial charge on any atom is -0.350 e. The summed E-state index contributed by atoms with van der Waals surface area (Å²) in [6.45, 7) is 8.47. The van der Waals surface area contributed by atoms with E-state index in [4.69, 9.17) is 0 Å². The van der Waals surface area contributed by atoms with Gasteiger partial charge < -0.3 is 5.32 Å². The van der Waals surface area contributed by atoms with Gasteiger partial charge >= 0.3 is 0 Å². The van der Waals surface area contributed by atoms with Crippen LogP contribution < -0.4 is 5.32 Å². The van der Waals surface area contributed by atoms with E-state index >= 15 is 0 Å². The van der Waals surface area contributed by atoms with Crippen molar-refractivity contribution in [1.82, 2.24) is 15.1 Å². The second-order valence-electron chi connectivity index (χ2n) is 7.56. The summed E-state index contributed by atoms with van der Waals surface area (Å²) >= 11 is 0. The number of carbonyl (C=O) groups excluding carboxylic acids is 2. The summed E-state index contributed by atoms with van der Waals surface area (Å²) in [6.07, 6.45) is 0.917. The smallest absolute Gasteiger partial charge is 0.259 e. The summed E-state index contributed by atoms with van der Waals surface area (Å²) in [4.78, 5) is 29.4. The molecule has 5 heteroatoms. The summed E-state index contributed by atoms with van der Waals surface area (Å²) < 4.78 is 0. The summed E-state index contributed by atoms with van der Waals surface area (Å²) in [5, 5.41) is 3.12. The topological polar surface area (TPSA) is 52.7 Å². The van der Waals surface area contributed by atoms with E-state index in [1.165, 1.54) is 10.5 Å². The summed E-state index contributed by atoms with van der Waals surface area (Å²) in [7, 11) is 0. The number of carbonyl (C=O) groups is 2. The molecule has 1 saturated heterocycles. The second kappa shape index (κ2) is 7.60. The number of hydrogen-bond acceptors (Lipinski definition) is 3. The van der Waals surface area contributed by atoms with Gasteiger partial charge in [0.1, 0.15) is 6.04 Å². The van der Waals surface area contributed by atoms with Crippen LogP contribution in [0, 0.1) is 0 Å². The minimum absolute atomic E-state index is 0.104. The van der Waals surface area contributed by atoms with Gasteiger partial charge in [-0.15, -0.1) is 0 Å². The molecule has 0 spiro atoms. The Bertz CT molecular complexity index is 874. The molecule has 2 atom stereocenters. The summed E-state index contributed by atoms with van der Waals surface area (Å²) in [6, 6.07) is 17.2. The number of likely N-dealkylation sites (tertiary alicyclic amines) is 1. The van der Waals surface area contributed by atoms with Gasteiger partial charge in [-0.2, -0.15) is 0 Å². The van der Waals surface area contributed by atoms with Crippen molar-refractivity contribution in [2.75, 3.05) is 13.1 Å². The van der Waals surface area contributed by atoms with Crippen LogP contribution in [0.25, 0.3) is 5.70 Å². The van der Waals surface area contributed by atoms with Crippen LogP contribution in [0.4, 0.5) is 0 Å². The number of nitrogens with zero attached hydrogens (tertiary/aromatic N) is 2. The number of amides is 2. The zero-order valence-electron chi connectivity index (χ0n) is 16.1. The van der Waals surface area contributed by atoms with Crippen LogP contribution in [0.15, 0.2) is 61.2 Å². The zero-order chi connectivity index (χ0) is 19.7. The molecule has 5 nitrogen and oxygen atoms in total. The Labute approximate surface area is 165 Å². The maximum Gasteiger partial charge on any atom is 0.259 e. The quantitative estimate of drug-likeness (QED) is 0.874. The number of nitrogens with one attached hydrogen (secondary N) is 1. The molecule has 0 saturated carbocycles. The Balaban J connectivity index is 1.36. The van der Waals surface area contributed by atoms with Crippen LogP contribution in [-0.2, 0) is 11.3 Å². The van der Waals surface area contributed by atoms with Gasteiger partial charge in [0.2, 0.25) is 5.91 Å². The molecule has 4 rings (SSSR count). The maximum atomic E-state index is 12.8. The third-order valence-corrected chi connectivity index (χ3v) is 5.61. The number of fused-ring (bicyclic) bond motifs is 1. The first kappa shape index (κ1) is 18.4. The Morgan fingerprint density at radius 1 is 1.14 bits per heavy atom. The number of hydrogen-bond donors (Lipinski definition) is 1. The fourth-order valence-corrected chi connectivity index (χ4v) is 4.09. The molecular formula is C23H25N3O2. The van der Waals surface area contributed by atoms with E-state index in [9.17, 15) is 9.59 Å². The first-order valence-corrected chi connectivity index (χ1v) is 9.73. The molecule has 0 radical (unpaired) electrons. The molecule has 1 N–H and O–H groups in total. The standard InChI is InChI=1S/C23H25N3O2/c1-16-20-10-6-7-11-21(20)23(28)26(16)17(2)22(27)24-19-12-13-25(15-19)14-18-8-4-3-5-9-18/h3-11,17,19H,1,12-15H2,2H3,(H,24,27)/t17-,19+/m1/s1. The Morgan fingerprint density at radius 2 is 1.82 bits per heavy atom. The molecule has 0 aliphatic carbocycles. The van der Waals surface area contributed by atoms with Crippen LogP contribution in [0.2, 0.25) is 0 Å². The summed E-state index contributed by atoms with van der Waals surface area (Å²) in [5.41, 5.74) is 3.30. The van der Waals surface area contributed by atoms with Gasteiger partial charge in [-0.25, -0.2) is 0 Å². The third kappa shape index (κ3) is 3.45. The number of benzene rings is 2. The Morgan fingerprint density at radius 3 is 2.54 bits per heavy atom. The molecule has 2 aromatic carbocycles. The first-order chi connectivity index (χ1) is 13.5. The van der Waals surface area contributed by atoms with Crippen molar-refractivity contribution in [3.63, 3.8) is 0 Å². The average molecular weight is 375 g/mol. The second-order valence-corrected chi connectivity index (χ2v) is 7.56. The van der Waals surface area contributed by atoms with E-state index < -0.39 is 6.04 Å². The van der Waals surface area contributed by atoms with Crippen LogP contribution in [0.1, 0.15) is 34.8 Å². The van der Waals surface area contributed by atoms with E-state index in [0.29, 0.717) is 11.3 Å². The fraction of sp³-hybridized carbons (Fsp3) is 0.304. The van der Waals surface area contributed by atoms with E-state index in [1.54, 1.807) is 13.0 Å². The molecule has 2 aliphatic heterocycles. The Kier molecular flexibility index (Phi) is 5.01. The van der Waals surface area contributed by atoms with Gasteiger partial charge in [0.25, 0.3) is 5.91 Å². The van der Waals surface area contributed by atoms with Crippen LogP contribution in [0.5, 0.6) is 0 Å². The normalized spacial score (nSPS) is 20.3. The fourth-order valence-electron chi connectivity index (χ4n) is 4.09. The molecule has 0 bridgehead atoms. The minimum atomic E-state index is -0.587. The Hall–Kier alpha value is -2.92. The van der Waals surface area contributed by atoms with Crippen LogP contribution in [-0.4, -0.2) is 46.8 Å². The van der Waals surface area contributed by atoms with Gasteiger partial charge in [0.05, 0.1) is 0 Å². The van der Waals surface area contributed by atoms with Crippen LogP contribution >= 0.6 is 0 Å². The number of rotatable bonds is 5. The molecule has 2 heterocycles. The molecular weight excluding hydrogens is 350 g/mol. The molecule has 1 fully saturated rings. The van der Waals surface area contributed by atoms with Crippen molar-refractivity contribution in [3.05, 3.63) is 77.9 Å². The highest BCUT2D eigenvalue weighted by Gasteiger charge is 2.37. The van der Waals surface area contributed by atoms with Crippen molar-refractivity contribution >= 4 is 17.5 Å². The van der Waals surface area contributed by atoms with Gasteiger partial charge in [0.15, 0.2) is 0 Å². The van der Waals surface area contributed by atoms with Crippen molar-refractivity contribution < 1.29 is 9.59 Å².